The second-order valence-electron chi connectivity index (χ2n) is 13.5. The third-order valence-corrected chi connectivity index (χ3v) is 8.79. The summed E-state index contributed by atoms with van der Waals surface area (Å²) in [6.07, 6.45) is 26.4. The molecule has 0 aromatic rings. The van der Waals surface area contributed by atoms with Gasteiger partial charge in [0.15, 0.2) is 0 Å². The summed E-state index contributed by atoms with van der Waals surface area (Å²) < 4.78 is 16.3. The van der Waals surface area contributed by atoms with E-state index in [1.165, 1.54) is 77.0 Å². The van der Waals surface area contributed by atoms with E-state index in [1.54, 1.807) is 0 Å². The van der Waals surface area contributed by atoms with Crippen molar-refractivity contribution in [2.45, 2.75) is 187 Å². The summed E-state index contributed by atoms with van der Waals surface area (Å²) in [7, 11) is 3.85. The molecule has 0 heterocycles. The number of carboxylic acid groups (broad SMARTS) is 1. The molecule has 1 N–H and O–H groups in total. The molecule has 0 fully saturated rings. The summed E-state index contributed by atoms with van der Waals surface area (Å²) in [5, 5.41) is 9.54. The van der Waals surface area contributed by atoms with Crippen LogP contribution in [0.5, 0.6) is 0 Å². The second kappa shape index (κ2) is 33.1. The van der Waals surface area contributed by atoms with E-state index in [0.717, 1.165) is 77.0 Å². The third kappa shape index (κ3) is 30.8. The summed E-state index contributed by atoms with van der Waals surface area (Å²) in [5.74, 6) is -1.09. The van der Waals surface area contributed by atoms with Gasteiger partial charge >= 0.3 is 18.1 Å². The summed E-state index contributed by atoms with van der Waals surface area (Å²) in [5.41, 5.74) is 0. The van der Waals surface area contributed by atoms with Crippen molar-refractivity contribution in [2.24, 2.45) is 5.92 Å². The van der Waals surface area contributed by atoms with Crippen molar-refractivity contribution >= 4 is 18.1 Å². The Morgan fingerprint density at radius 3 is 1.50 bits per heavy atom. The molecule has 46 heavy (non-hydrogen) atoms. The Morgan fingerprint density at radius 2 is 1.02 bits per heavy atom. The van der Waals surface area contributed by atoms with Gasteiger partial charge in [0, 0.05) is 19.4 Å². The maximum atomic E-state index is 12.3. The average Bonchev–Trinajstić information content (AvgIpc) is 3.01. The molecule has 0 bridgehead atoms. The number of carbonyl (C=O) groups excluding carboxylic acids is 2. The lowest BCUT2D eigenvalue weighted by Gasteiger charge is -2.18. The van der Waals surface area contributed by atoms with Gasteiger partial charge in [-0.25, -0.2) is 4.79 Å². The molecule has 0 aliphatic rings. The molecule has 0 aromatic heterocycles. The van der Waals surface area contributed by atoms with Gasteiger partial charge < -0.3 is 24.2 Å². The van der Waals surface area contributed by atoms with E-state index >= 15 is 0 Å². The zero-order valence-corrected chi connectivity index (χ0v) is 30.5. The first-order chi connectivity index (χ1) is 22.3. The highest BCUT2D eigenvalue weighted by molar-refractivity contribution is 5.70. The highest BCUT2D eigenvalue weighted by Crippen LogP contribution is 2.20. The Labute approximate surface area is 283 Å². The molecule has 0 aromatic carbocycles. The van der Waals surface area contributed by atoms with Gasteiger partial charge in [0.25, 0.3) is 0 Å². The van der Waals surface area contributed by atoms with Crippen LogP contribution >= 0.6 is 0 Å². The van der Waals surface area contributed by atoms with Crippen LogP contribution in [0.4, 0.5) is 4.79 Å². The largest absolute Gasteiger partial charge is 0.508 e. The minimum atomic E-state index is -0.659. The summed E-state index contributed by atoms with van der Waals surface area (Å²) in [4.78, 5) is 38.1. The predicted octanol–water partition coefficient (Wildman–Crippen LogP) is 10.5. The van der Waals surface area contributed by atoms with Gasteiger partial charge in [-0.2, -0.15) is 0 Å². The van der Waals surface area contributed by atoms with E-state index in [0.29, 0.717) is 19.4 Å². The molecular weight excluding hydrogens is 582 g/mol. The lowest BCUT2D eigenvalue weighted by atomic mass is 9.94. The zero-order valence-electron chi connectivity index (χ0n) is 30.5. The highest BCUT2D eigenvalue weighted by atomic mass is 16.7. The minimum Gasteiger partial charge on any atom is -0.481 e. The van der Waals surface area contributed by atoms with Crippen LogP contribution in [0.1, 0.15) is 181 Å². The van der Waals surface area contributed by atoms with Crippen molar-refractivity contribution < 1.29 is 33.7 Å². The Kier molecular flexibility index (Phi) is 31.8. The van der Waals surface area contributed by atoms with E-state index in [4.69, 9.17) is 14.2 Å². The van der Waals surface area contributed by atoms with Gasteiger partial charge in [0.05, 0.1) is 12.5 Å². The molecule has 0 rings (SSSR count). The normalized spacial score (nSPS) is 12.6. The van der Waals surface area contributed by atoms with E-state index in [1.807, 2.05) is 19.0 Å². The Morgan fingerprint density at radius 1 is 0.565 bits per heavy atom. The molecule has 2 unspecified atom stereocenters. The van der Waals surface area contributed by atoms with Gasteiger partial charge in [0.2, 0.25) is 0 Å². The zero-order chi connectivity index (χ0) is 34.1. The van der Waals surface area contributed by atoms with E-state index in [9.17, 15) is 19.5 Å². The van der Waals surface area contributed by atoms with Crippen LogP contribution in [0.3, 0.4) is 0 Å². The van der Waals surface area contributed by atoms with Crippen molar-refractivity contribution in [1.29, 1.82) is 0 Å². The Bertz CT molecular complexity index is 715. The van der Waals surface area contributed by atoms with Crippen molar-refractivity contribution in [3.8, 4) is 0 Å². The van der Waals surface area contributed by atoms with Crippen LogP contribution in [0, 0.1) is 5.92 Å². The quantitative estimate of drug-likeness (QED) is 0.0540. The van der Waals surface area contributed by atoms with Crippen LogP contribution in [0.15, 0.2) is 0 Å². The number of aliphatic carboxylic acids is 1. The average molecular weight is 656 g/mol. The molecule has 0 saturated heterocycles. The monoisotopic (exact) mass is 656 g/mol. The number of esters is 1. The van der Waals surface area contributed by atoms with Gasteiger partial charge in [-0.15, -0.1) is 0 Å². The smallest absolute Gasteiger partial charge is 0.481 e. The lowest BCUT2D eigenvalue weighted by molar-refractivity contribution is -0.145. The van der Waals surface area contributed by atoms with Crippen LogP contribution in [-0.2, 0) is 23.8 Å². The van der Waals surface area contributed by atoms with Crippen molar-refractivity contribution in [2.75, 3.05) is 33.9 Å². The van der Waals surface area contributed by atoms with Crippen LogP contribution < -0.4 is 0 Å². The van der Waals surface area contributed by atoms with E-state index in [2.05, 4.69) is 13.8 Å². The molecule has 8 nitrogen and oxygen atoms in total. The number of unbranched alkanes of at least 4 members (excludes halogenated alkanes) is 18. The topological polar surface area (TPSA) is 102 Å². The molecule has 0 saturated carbocycles. The predicted molar refractivity (Wildman–Crippen MR) is 188 cm³/mol. The van der Waals surface area contributed by atoms with E-state index < -0.39 is 12.1 Å². The number of nitrogens with zero attached hydrogens (tertiary/aromatic N) is 1. The molecule has 8 heteroatoms. The standard InChI is InChI=1S/C38H73NO7/c1-5-7-9-11-13-14-15-16-20-24-28-35(46-38(43)45-33-31-39(3)4)30-32-44-36(40)29-25-21-17-19-23-27-34(37(41)42)26-22-18-12-10-8-6-2/h34-35H,5-33H2,1-4H3,(H,41,42). The summed E-state index contributed by atoms with van der Waals surface area (Å²) in [6, 6.07) is 0. The van der Waals surface area contributed by atoms with Crippen molar-refractivity contribution in [3.63, 3.8) is 0 Å². The summed E-state index contributed by atoms with van der Waals surface area (Å²) in [6.45, 7) is 5.61. The van der Waals surface area contributed by atoms with Crippen LogP contribution in [0.25, 0.3) is 0 Å². The molecule has 0 radical (unpaired) electrons. The maximum absolute atomic E-state index is 12.3. The molecule has 0 spiro atoms. The second-order valence-corrected chi connectivity index (χ2v) is 13.5. The molecule has 0 aliphatic heterocycles. The number of hydrogen-bond donors (Lipinski definition) is 1. The van der Waals surface area contributed by atoms with E-state index in [-0.39, 0.29) is 31.2 Å². The fourth-order valence-corrected chi connectivity index (χ4v) is 5.73. The third-order valence-electron chi connectivity index (χ3n) is 8.79. The van der Waals surface area contributed by atoms with Crippen molar-refractivity contribution in [3.05, 3.63) is 0 Å². The minimum absolute atomic E-state index is 0.212. The molecule has 2 atom stereocenters. The van der Waals surface area contributed by atoms with Gasteiger partial charge in [0.1, 0.15) is 12.7 Å². The fourth-order valence-electron chi connectivity index (χ4n) is 5.73. The van der Waals surface area contributed by atoms with Crippen LogP contribution in [0.2, 0.25) is 0 Å². The summed E-state index contributed by atoms with van der Waals surface area (Å²) >= 11 is 0. The highest BCUT2D eigenvalue weighted by Gasteiger charge is 2.18. The molecular formula is C38H73NO7. The number of carbonyl (C=O) groups is 3. The molecule has 0 amide bonds. The van der Waals surface area contributed by atoms with Gasteiger partial charge in [-0.05, 0) is 46.2 Å². The number of likely N-dealkylation sites (N-methyl/N-ethyl adjacent to an activating group) is 1. The maximum Gasteiger partial charge on any atom is 0.508 e. The van der Waals surface area contributed by atoms with Crippen LogP contribution in [-0.4, -0.2) is 68.1 Å². The lowest BCUT2D eigenvalue weighted by Crippen LogP contribution is -2.25. The number of rotatable bonds is 34. The first kappa shape index (κ1) is 44.2. The van der Waals surface area contributed by atoms with Gasteiger partial charge in [-0.3, -0.25) is 9.59 Å². The SMILES string of the molecule is CCCCCCCCCCCCC(CCOC(=O)CCCCCCCC(CCCCCCCC)C(=O)O)OC(=O)OCCN(C)C. The van der Waals surface area contributed by atoms with Gasteiger partial charge in [-0.1, -0.05) is 136 Å². The van der Waals surface area contributed by atoms with Crippen molar-refractivity contribution in [1.82, 2.24) is 4.90 Å². The Balaban J connectivity index is 4.17. The first-order valence-electron chi connectivity index (χ1n) is 19.2. The molecule has 272 valence electrons. The number of hydrogen-bond acceptors (Lipinski definition) is 7. The number of ether oxygens (including phenoxy) is 3. The fraction of sp³-hybridized carbons (Fsp3) is 0.921. The first-order valence-corrected chi connectivity index (χ1v) is 19.2. The Hall–Kier alpha value is -1.83. The molecule has 0 aliphatic carbocycles. The number of carboxylic acids is 1.